The number of pyridine rings is 1. The van der Waals surface area contributed by atoms with Crippen molar-refractivity contribution in [3.63, 3.8) is 0 Å². The lowest BCUT2D eigenvalue weighted by molar-refractivity contribution is 0.154. The maximum atomic E-state index is 12.4. The second kappa shape index (κ2) is 7.99. The first-order valence-corrected chi connectivity index (χ1v) is 9.08. The van der Waals surface area contributed by atoms with Crippen LogP contribution >= 0.6 is 0 Å². The Morgan fingerprint density at radius 2 is 1.81 bits per heavy atom. The van der Waals surface area contributed by atoms with E-state index in [1.165, 1.54) is 19.2 Å². The smallest absolute Gasteiger partial charge is 0.415 e. The van der Waals surface area contributed by atoms with Crippen LogP contribution in [0.2, 0.25) is 0 Å². The molecule has 0 aliphatic carbocycles. The van der Waals surface area contributed by atoms with Gasteiger partial charge in [0.05, 0.1) is 5.56 Å². The zero-order valence-corrected chi connectivity index (χ0v) is 14.9. The third-order valence-corrected chi connectivity index (χ3v) is 4.58. The number of carbonyl (C=O) groups is 1. The number of benzene rings is 1. The fourth-order valence-corrected chi connectivity index (χ4v) is 3.17. The Morgan fingerprint density at radius 3 is 2.59 bits per heavy atom. The standard InChI is InChI=1S/C20H20N4O3/c25-20(24-8-3-1-2-4-9-24)27-18-7-5-6-15(11-18)16-10-17(13-21-12-16)19-23-22-14-26-19/h5-7,10-14H,1-4,8-9H2. The molecule has 1 amide bonds. The van der Waals surface area contributed by atoms with Gasteiger partial charge in [0, 0.05) is 31.0 Å². The van der Waals surface area contributed by atoms with Crippen molar-refractivity contribution in [2.24, 2.45) is 0 Å². The number of hydrogen-bond acceptors (Lipinski definition) is 6. The first-order valence-electron chi connectivity index (χ1n) is 9.08. The number of aromatic nitrogens is 3. The summed E-state index contributed by atoms with van der Waals surface area (Å²) in [4.78, 5) is 18.5. The molecule has 7 heteroatoms. The van der Waals surface area contributed by atoms with Crippen LogP contribution < -0.4 is 4.74 Å². The lowest BCUT2D eigenvalue weighted by atomic mass is 10.1. The Kier molecular flexibility index (Phi) is 5.09. The highest BCUT2D eigenvalue weighted by atomic mass is 16.6. The summed E-state index contributed by atoms with van der Waals surface area (Å²) in [7, 11) is 0. The highest BCUT2D eigenvalue weighted by Crippen LogP contribution is 2.27. The van der Waals surface area contributed by atoms with E-state index in [4.69, 9.17) is 9.15 Å². The van der Waals surface area contributed by atoms with Crippen LogP contribution in [-0.4, -0.2) is 39.3 Å². The molecule has 3 heterocycles. The second-order valence-corrected chi connectivity index (χ2v) is 6.50. The summed E-state index contributed by atoms with van der Waals surface area (Å²) < 4.78 is 10.8. The first-order chi connectivity index (χ1) is 13.3. The van der Waals surface area contributed by atoms with E-state index in [1.807, 2.05) is 24.3 Å². The molecule has 0 atom stereocenters. The Morgan fingerprint density at radius 1 is 1.00 bits per heavy atom. The predicted molar refractivity (Wildman–Crippen MR) is 99.0 cm³/mol. The van der Waals surface area contributed by atoms with Gasteiger partial charge in [-0.1, -0.05) is 25.0 Å². The third kappa shape index (κ3) is 4.13. The van der Waals surface area contributed by atoms with E-state index < -0.39 is 0 Å². The normalized spacial score (nSPS) is 14.6. The maximum Gasteiger partial charge on any atom is 0.415 e. The van der Waals surface area contributed by atoms with Gasteiger partial charge >= 0.3 is 6.09 Å². The molecule has 0 bridgehead atoms. The summed E-state index contributed by atoms with van der Waals surface area (Å²) in [6.45, 7) is 1.52. The number of rotatable bonds is 3. The van der Waals surface area contributed by atoms with Crippen LogP contribution in [0.1, 0.15) is 25.7 Å². The minimum atomic E-state index is -0.285. The van der Waals surface area contributed by atoms with Crippen molar-refractivity contribution in [2.45, 2.75) is 25.7 Å². The van der Waals surface area contributed by atoms with Gasteiger partial charge in [-0.05, 0) is 36.6 Å². The molecule has 0 radical (unpaired) electrons. The van der Waals surface area contributed by atoms with Crippen LogP contribution in [0.3, 0.4) is 0 Å². The summed E-state index contributed by atoms with van der Waals surface area (Å²) >= 11 is 0. The minimum Gasteiger partial charge on any atom is -0.423 e. The van der Waals surface area contributed by atoms with Gasteiger partial charge in [0.15, 0.2) is 0 Å². The topological polar surface area (TPSA) is 81.3 Å². The van der Waals surface area contributed by atoms with E-state index in [0.29, 0.717) is 11.6 Å². The number of hydrogen-bond donors (Lipinski definition) is 0. The molecule has 7 nitrogen and oxygen atoms in total. The molecule has 0 spiro atoms. The van der Waals surface area contributed by atoms with Crippen molar-refractivity contribution in [1.82, 2.24) is 20.1 Å². The molecule has 1 fully saturated rings. The number of carbonyl (C=O) groups excluding carboxylic acids is 1. The molecule has 3 aromatic rings. The number of amides is 1. The SMILES string of the molecule is O=C(Oc1cccc(-c2cncc(-c3nnco3)c2)c1)N1CCCCCC1. The monoisotopic (exact) mass is 364 g/mol. The Hall–Kier alpha value is -3.22. The van der Waals surface area contributed by atoms with Crippen molar-refractivity contribution >= 4 is 6.09 Å². The van der Waals surface area contributed by atoms with Gasteiger partial charge in [0.25, 0.3) is 0 Å². The molecule has 1 aromatic carbocycles. The van der Waals surface area contributed by atoms with Gasteiger partial charge in [-0.15, -0.1) is 10.2 Å². The van der Waals surface area contributed by atoms with Gasteiger partial charge in [0.1, 0.15) is 5.75 Å². The van der Waals surface area contributed by atoms with Crippen molar-refractivity contribution in [2.75, 3.05) is 13.1 Å². The van der Waals surface area contributed by atoms with E-state index in [0.717, 1.165) is 42.6 Å². The van der Waals surface area contributed by atoms with Crippen molar-refractivity contribution < 1.29 is 13.9 Å². The van der Waals surface area contributed by atoms with Gasteiger partial charge in [-0.2, -0.15) is 0 Å². The third-order valence-electron chi connectivity index (χ3n) is 4.58. The summed E-state index contributed by atoms with van der Waals surface area (Å²) in [6.07, 6.45) is 8.81. The van der Waals surface area contributed by atoms with E-state index >= 15 is 0 Å². The molecule has 1 aliphatic rings. The van der Waals surface area contributed by atoms with Crippen LogP contribution in [0.5, 0.6) is 5.75 Å². The minimum absolute atomic E-state index is 0.285. The Bertz CT molecular complexity index is 903. The zero-order chi connectivity index (χ0) is 18.5. The lowest BCUT2D eigenvalue weighted by Gasteiger charge is -2.19. The Balaban J connectivity index is 1.52. The zero-order valence-electron chi connectivity index (χ0n) is 14.9. The van der Waals surface area contributed by atoms with Gasteiger partial charge in [0.2, 0.25) is 12.3 Å². The summed E-state index contributed by atoms with van der Waals surface area (Å²) in [5.41, 5.74) is 2.50. The molecular formula is C20H20N4O3. The summed E-state index contributed by atoms with van der Waals surface area (Å²) in [5, 5.41) is 7.60. The van der Waals surface area contributed by atoms with Crippen LogP contribution in [0.4, 0.5) is 4.79 Å². The largest absolute Gasteiger partial charge is 0.423 e. The number of nitrogens with zero attached hydrogens (tertiary/aromatic N) is 4. The molecule has 27 heavy (non-hydrogen) atoms. The molecule has 1 aliphatic heterocycles. The molecule has 0 N–H and O–H groups in total. The summed E-state index contributed by atoms with van der Waals surface area (Å²) in [6, 6.07) is 9.34. The molecular weight excluding hydrogens is 344 g/mol. The molecule has 2 aromatic heterocycles. The quantitative estimate of drug-likeness (QED) is 0.694. The summed E-state index contributed by atoms with van der Waals surface area (Å²) in [5.74, 6) is 0.929. The molecule has 1 saturated heterocycles. The second-order valence-electron chi connectivity index (χ2n) is 6.50. The van der Waals surface area contributed by atoms with Gasteiger partial charge in [-0.25, -0.2) is 4.79 Å². The highest BCUT2D eigenvalue weighted by Gasteiger charge is 2.17. The predicted octanol–water partition coefficient (Wildman–Crippen LogP) is 4.17. The maximum absolute atomic E-state index is 12.4. The van der Waals surface area contributed by atoms with Crippen molar-refractivity contribution in [3.8, 4) is 28.3 Å². The van der Waals surface area contributed by atoms with Crippen LogP contribution in [0.15, 0.2) is 53.5 Å². The fourth-order valence-electron chi connectivity index (χ4n) is 3.17. The average molecular weight is 364 g/mol. The lowest BCUT2D eigenvalue weighted by Crippen LogP contribution is -2.34. The van der Waals surface area contributed by atoms with Crippen LogP contribution in [-0.2, 0) is 0 Å². The van der Waals surface area contributed by atoms with E-state index in [9.17, 15) is 4.79 Å². The average Bonchev–Trinajstić information content (AvgIpc) is 3.11. The fraction of sp³-hybridized carbons (Fsp3) is 0.300. The number of ether oxygens (including phenoxy) is 1. The molecule has 4 rings (SSSR count). The van der Waals surface area contributed by atoms with Crippen molar-refractivity contribution in [1.29, 1.82) is 0 Å². The molecule has 0 unspecified atom stereocenters. The number of likely N-dealkylation sites (tertiary alicyclic amines) is 1. The van der Waals surface area contributed by atoms with E-state index in [1.54, 1.807) is 23.4 Å². The van der Waals surface area contributed by atoms with E-state index in [-0.39, 0.29) is 6.09 Å². The van der Waals surface area contributed by atoms with Crippen LogP contribution in [0.25, 0.3) is 22.6 Å². The van der Waals surface area contributed by atoms with Crippen LogP contribution in [0, 0.1) is 0 Å². The van der Waals surface area contributed by atoms with Crippen molar-refractivity contribution in [3.05, 3.63) is 49.1 Å². The molecule has 138 valence electrons. The Labute approximate surface area is 157 Å². The first kappa shape index (κ1) is 17.2. The van der Waals surface area contributed by atoms with E-state index in [2.05, 4.69) is 15.2 Å². The van der Waals surface area contributed by atoms with Gasteiger partial charge < -0.3 is 14.1 Å². The highest BCUT2D eigenvalue weighted by molar-refractivity contribution is 5.73. The molecule has 0 saturated carbocycles. The van der Waals surface area contributed by atoms with Gasteiger partial charge in [-0.3, -0.25) is 4.98 Å².